The fourth-order valence-electron chi connectivity index (χ4n) is 3.90. The third-order valence-corrected chi connectivity index (χ3v) is 5.34. The summed E-state index contributed by atoms with van der Waals surface area (Å²) in [6, 6.07) is 0.762. The second-order valence-electron chi connectivity index (χ2n) is 6.78. The summed E-state index contributed by atoms with van der Waals surface area (Å²) in [6.45, 7) is 12.3. The zero-order chi connectivity index (χ0) is 13.7. The molecule has 0 aromatic heterocycles. The molecule has 19 heavy (non-hydrogen) atoms. The molecule has 0 bridgehead atoms. The van der Waals surface area contributed by atoms with E-state index in [-0.39, 0.29) is 0 Å². The quantitative estimate of drug-likeness (QED) is 0.842. The lowest BCUT2D eigenvalue weighted by molar-refractivity contribution is 0.0802. The molecule has 2 atom stereocenters. The molecule has 0 amide bonds. The molecule has 2 heterocycles. The Labute approximate surface area is 119 Å². The van der Waals surface area contributed by atoms with Gasteiger partial charge in [0.1, 0.15) is 0 Å². The Morgan fingerprint density at radius 1 is 1.21 bits per heavy atom. The second-order valence-corrected chi connectivity index (χ2v) is 6.78. The highest BCUT2D eigenvalue weighted by molar-refractivity contribution is 4.90. The van der Waals surface area contributed by atoms with Gasteiger partial charge in [-0.2, -0.15) is 0 Å². The van der Waals surface area contributed by atoms with Crippen LogP contribution in [0.1, 0.15) is 46.0 Å². The number of hydrogen-bond acceptors (Lipinski definition) is 3. The van der Waals surface area contributed by atoms with Crippen LogP contribution >= 0.6 is 0 Å². The van der Waals surface area contributed by atoms with Gasteiger partial charge < -0.3 is 10.2 Å². The monoisotopic (exact) mass is 267 g/mol. The summed E-state index contributed by atoms with van der Waals surface area (Å²) in [5.41, 5.74) is 0.536. The molecule has 2 rings (SSSR count). The van der Waals surface area contributed by atoms with E-state index in [1.165, 1.54) is 71.4 Å². The van der Waals surface area contributed by atoms with Gasteiger partial charge in [0, 0.05) is 25.7 Å². The molecular weight excluding hydrogens is 234 g/mol. The fraction of sp³-hybridized carbons (Fsp3) is 1.00. The highest BCUT2D eigenvalue weighted by Crippen LogP contribution is 2.32. The van der Waals surface area contributed by atoms with Crippen LogP contribution in [0.2, 0.25) is 0 Å². The number of piperidine rings is 1. The van der Waals surface area contributed by atoms with Crippen molar-refractivity contribution in [2.45, 2.75) is 52.0 Å². The summed E-state index contributed by atoms with van der Waals surface area (Å²) in [6.07, 6.45) is 6.72. The maximum absolute atomic E-state index is 3.64. The Balaban J connectivity index is 2.01. The number of likely N-dealkylation sites (N-methyl/N-ethyl adjacent to an activating group) is 1. The molecule has 2 aliphatic rings. The van der Waals surface area contributed by atoms with Crippen molar-refractivity contribution >= 4 is 0 Å². The molecule has 2 saturated heterocycles. The summed E-state index contributed by atoms with van der Waals surface area (Å²) < 4.78 is 0. The maximum atomic E-state index is 3.64. The summed E-state index contributed by atoms with van der Waals surface area (Å²) in [4.78, 5) is 5.33. The normalized spacial score (nSPS) is 35.2. The standard InChI is InChI=1S/C16H33N3/c1-4-15-12-18(3)10-7-11-19(15)14-16(5-2)8-6-9-17-13-16/h15,17H,4-14H2,1-3H3. The van der Waals surface area contributed by atoms with E-state index < -0.39 is 0 Å². The van der Waals surface area contributed by atoms with Gasteiger partial charge in [-0.1, -0.05) is 13.8 Å². The minimum Gasteiger partial charge on any atom is -0.316 e. The first-order valence-corrected chi connectivity index (χ1v) is 8.32. The van der Waals surface area contributed by atoms with Crippen LogP contribution in [-0.2, 0) is 0 Å². The van der Waals surface area contributed by atoms with Crippen molar-refractivity contribution < 1.29 is 0 Å². The molecule has 0 aromatic rings. The van der Waals surface area contributed by atoms with E-state index >= 15 is 0 Å². The molecule has 2 unspecified atom stereocenters. The third-order valence-electron chi connectivity index (χ3n) is 5.34. The zero-order valence-corrected chi connectivity index (χ0v) is 13.2. The SMILES string of the molecule is CCC1CN(C)CCCN1CC1(CC)CCCNC1. The third kappa shape index (κ3) is 3.93. The fourth-order valence-corrected chi connectivity index (χ4v) is 3.90. The minimum absolute atomic E-state index is 0.536. The van der Waals surface area contributed by atoms with Crippen molar-refractivity contribution in [1.82, 2.24) is 15.1 Å². The smallest absolute Gasteiger partial charge is 0.0220 e. The number of nitrogens with zero attached hydrogens (tertiary/aromatic N) is 2. The van der Waals surface area contributed by atoms with Crippen LogP contribution in [0, 0.1) is 5.41 Å². The van der Waals surface area contributed by atoms with Crippen molar-refractivity contribution in [3.63, 3.8) is 0 Å². The minimum atomic E-state index is 0.536. The van der Waals surface area contributed by atoms with Crippen molar-refractivity contribution in [2.75, 3.05) is 46.3 Å². The average Bonchev–Trinajstić information content (AvgIpc) is 2.61. The highest BCUT2D eigenvalue weighted by atomic mass is 15.2. The van der Waals surface area contributed by atoms with Crippen molar-refractivity contribution in [1.29, 1.82) is 0 Å². The molecule has 0 aliphatic carbocycles. The molecule has 2 aliphatic heterocycles. The molecule has 0 radical (unpaired) electrons. The summed E-state index contributed by atoms with van der Waals surface area (Å²) in [5, 5.41) is 3.64. The first kappa shape index (κ1) is 15.3. The Bertz CT molecular complexity index is 261. The number of rotatable bonds is 4. The van der Waals surface area contributed by atoms with Gasteiger partial charge in [0.15, 0.2) is 0 Å². The predicted octanol–water partition coefficient (Wildman–Crippen LogP) is 2.18. The van der Waals surface area contributed by atoms with Crippen LogP contribution in [0.4, 0.5) is 0 Å². The van der Waals surface area contributed by atoms with E-state index in [1.54, 1.807) is 0 Å². The van der Waals surface area contributed by atoms with Gasteiger partial charge in [0.2, 0.25) is 0 Å². The van der Waals surface area contributed by atoms with E-state index in [1.807, 2.05) is 0 Å². The largest absolute Gasteiger partial charge is 0.316 e. The lowest BCUT2D eigenvalue weighted by Crippen LogP contribution is -2.51. The van der Waals surface area contributed by atoms with Gasteiger partial charge in [-0.15, -0.1) is 0 Å². The molecule has 1 N–H and O–H groups in total. The van der Waals surface area contributed by atoms with Crippen molar-refractivity contribution in [3.8, 4) is 0 Å². The molecular formula is C16H33N3. The Hall–Kier alpha value is -0.120. The van der Waals surface area contributed by atoms with Crippen molar-refractivity contribution in [3.05, 3.63) is 0 Å². The van der Waals surface area contributed by atoms with E-state index in [4.69, 9.17) is 0 Å². The molecule has 112 valence electrons. The lowest BCUT2D eigenvalue weighted by atomic mass is 9.77. The Morgan fingerprint density at radius 3 is 2.68 bits per heavy atom. The number of hydrogen-bond donors (Lipinski definition) is 1. The van der Waals surface area contributed by atoms with Gasteiger partial charge in [-0.25, -0.2) is 0 Å². The van der Waals surface area contributed by atoms with E-state index in [0.717, 1.165) is 6.04 Å². The average molecular weight is 267 g/mol. The van der Waals surface area contributed by atoms with Crippen LogP contribution in [0.5, 0.6) is 0 Å². The van der Waals surface area contributed by atoms with E-state index in [0.29, 0.717) is 5.41 Å². The van der Waals surface area contributed by atoms with E-state index in [2.05, 4.69) is 36.0 Å². The molecule has 3 nitrogen and oxygen atoms in total. The van der Waals surface area contributed by atoms with Gasteiger partial charge in [0.05, 0.1) is 0 Å². The van der Waals surface area contributed by atoms with Gasteiger partial charge in [0.25, 0.3) is 0 Å². The summed E-state index contributed by atoms with van der Waals surface area (Å²) in [7, 11) is 2.28. The molecule has 0 saturated carbocycles. The van der Waals surface area contributed by atoms with Gasteiger partial charge in [-0.3, -0.25) is 4.90 Å². The Kier molecular flexibility index (Phi) is 5.67. The first-order chi connectivity index (χ1) is 9.19. The van der Waals surface area contributed by atoms with Crippen molar-refractivity contribution in [2.24, 2.45) is 5.41 Å². The van der Waals surface area contributed by atoms with Crippen LogP contribution in [0.15, 0.2) is 0 Å². The highest BCUT2D eigenvalue weighted by Gasteiger charge is 2.34. The predicted molar refractivity (Wildman–Crippen MR) is 82.6 cm³/mol. The number of nitrogens with one attached hydrogen (secondary N) is 1. The zero-order valence-electron chi connectivity index (χ0n) is 13.2. The van der Waals surface area contributed by atoms with Gasteiger partial charge in [-0.05, 0) is 64.2 Å². The van der Waals surface area contributed by atoms with Crippen LogP contribution in [-0.4, -0.2) is 62.2 Å². The van der Waals surface area contributed by atoms with Crippen LogP contribution in [0.25, 0.3) is 0 Å². The Morgan fingerprint density at radius 2 is 2.05 bits per heavy atom. The van der Waals surface area contributed by atoms with Crippen LogP contribution in [0.3, 0.4) is 0 Å². The maximum Gasteiger partial charge on any atom is 0.0220 e. The molecule has 2 fully saturated rings. The van der Waals surface area contributed by atoms with Crippen LogP contribution < -0.4 is 5.32 Å². The summed E-state index contributed by atoms with van der Waals surface area (Å²) in [5.74, 6) is 0. The topological polar surface area (TPSA) is 18.5 Å². The first-order valence-electron chi connectivity index (χ1n) is 8.32. The van der Waals surface area contributed by atoms with E-state index in [9.17, 15) is 0 Å². The second kappa shape index (κ2) is 7.05. The molecule has 0 aromatic carbocycles. The lowest BCUT2D eigenvalue weighted by Gasteiger charge is -2.43. The molecule has 0 spiro atoms. The molecule has 3 heteroatoms. The summed E-state index contributed by atoms with van der Waals surface area (Å²) >= 11 is 0. The van der Waals surface area contributed by atoms with Gasteiger partial charge >= 0.3 is 0 Å².